The minimum absolute atomic E-state index is 0.159. The Morgan fingerprint density at radius 2 is 2.26 bits per heavy atom. The highest BCUT2D eigenvalue weighted by molar-refractivity contribution is 9.10. The van der Waals surface area contributed by atoms with Gasteiger partial charge < -0.3 is 5.73 Å². The molecule has 2 atom stereocenters. The molecule has 0 spiro atoms. The summed E-state index contributed by atoms with van der Waals surface area (Å²) >= 11 is 3.54. The van der Waals surface area contributed by atoms with Crippen LogP contribution in [0.2, 0.25) is 0 Å². The van der Waals surface area contributed by atoms with Gasteiger partial charge in [-0.05, 0) is 60.9 Å². The van der Waals surface area contributed by atoms with Crippen LogP contribution in [0.15, 0.2) is 22.7 Å². The highest BCUT2D eigenvalue weighted by atomic mass is 79.9. The van der Waals surface area contributed by atoms with E-state index in [9.17, 15) is 4.39 Å². The molecule has 0 amide bonds. The van der Waals surface area contributed by atoms with Crippen molar-refractivity contribution in [3.8, 4) is 0 Å². The van der Waals surface area contributed by atoms with Gasteiger partial charge >= 0.3 is 0 Å². The molecule has 19 heavy (non-hydrogen) atoms. The van der Waals surface area contributed by atoms with E-state index in [1.165, 1.54) is 38.2 Å². The van der Waals surface area contributed by atoms with Crippen LogP contribution in [0.4, 0.5) is 4.39 Å². The normalized spacial score (nSPS) is 27.5. The second-order valence-corrected chi connectivity index (χ2v) is 6.84. The number of halogens is 2. The van der Waals surface area contributed by atoms with Crippen LogP contribution in [0, 0.1) is 17.2 Å². The summed E-state index contributed by atoms with van der Waals surface area (Å²) in [6.07, 6.45) is 7.04. The first-order chi connectivity index (χ1) is 9.08. The maximum Gasteiger partial charge on any atom is 0.123 e. The van der Waals surface area contributed by atoms with Crippen molar-refractivity contribution in [2.75, 3.05) is 6.54 Å². The molecule has 2 unspecified atom stereocenters. The van der Waals surface area contributed by atoms with Gasteiger partial charge in [0, 0.05) is 4.47 Å². The van der Waals surface area contributed by atoms with Crippen LogP contribution >= 0.6 is 15.9 Å². The molecule has 2 rings (SSSR count). The monoisotopic (exact) mass is 327 g/mol. The summed E-state index contributed by atoms with van der Waals surface area (Å²) in [4.78, 5) is 0. The summed E-state index contributed by atoms with van der Waals surface area (Å²) in [5.41, 5.74) is 7.30. The fraction of sp³-hybridized carbons (Fsp3) is 0.625. The largest absolute Gasteiger partial charge is 0.330 e. The fourth-order valence-corrected chi connectivity index (χ4v) is 3.82. The topological polar surface area (TPSA) is 26.0 Å². The van der Waals surface area contributed by atoms with E-state index in [2.05, 4.69) is 22.9 Å². The van der Waals surface area contributed by atoms with Crippen LogP contribution in [0.3, 0.4) is 0 Å². The Hall–Kier alpha value is -0.410. The maximum absolute atomic E-state index is 13.4. The van der Waals surface area contributed by atoms with Crippen molar-refractivity contribution in [3.05, 3.63) is 34.1 Å². The summed E-state index contributed by atoms with van der Waals surface area (Å²) in [6, 6.07) is 4.95. The molecule has 1 aliphatic rings. The highest BCUT2D eigenvalue weighted by Gasteiger charge is 2.35. The lowest BCUT2D eigenvalue weighted by Crippen LogP contribution is -2.37. The Balaban J connectivity index is 2.20. The molecule has 0 heterocycles. The second-order valence-electron chi connectivity index (χ2n) is 5.99. The Morgan fingerprint density at radius 3 is 2.95 bits per heavy atom. The van der Waals surface area contributed by atoms with E-state index in [4.69, 9.17) is 5.73 Å². The molecule has 1 saturated carbocycles. The smallest absolute Gasteiger partial charge is 0.123 e. The molecule has 1 nitrogen and oxygen atoms in total. The highest BCUT2D eigenvalue weighted by Crippen LogP contribution is 2.43. The third kappa shape index (κ3) is 3.57. The predicted molar refractivity (Wildman–Crippen MR) is 81.5 cm³/mol. The zero-order valence-electron chi connectivity index (χ0n) is 11.6. The molecule has 0 saturated heterocycles. The van der Waals surface area contributed by atoms with E-state index < -0.39 is 0 Å². The van der Waals surface area contributed by atoms with E-state index in [1.807, 2.05) is 0 Å². The van der Waals surface area contributed by atoms with Crippen molar-refractivity contribution in [2.24, 2.45) is 17.1 Å². The van der Waals surface area contributed by atoms with Gasteiger partial charge in [0.05, 0.1) is 0 Å². The molecule has 0 radical (unpaired) electrons. The quantitative estimate of drug-likeness (QED) is 0.853. The van der Waals surface area contributed by atoms with E-state index in [-0.39, 0.29) is 11.2 Å². The average Bonchev–Trinajstić information content (AvgIpc) is 2.43. The lowest BCUT2D eigenvalue weighted by molar-refractivity contribution is 0.142. The molecule has 1 fully saturated rings. The summed E-state index contributed by atoms with van der Waals surface area (Å²) in [7, 11) is 0. The van der Waals surface area contributed by atoms with Crippen LogP contribution in [0.25, 0.3) is 0 Å². The predicted octanol–water partition coefficient (Wildman–Crippen LogP) is 4.68. The van der Waals surface area contributed by atoms with Gasteiger partial charge in [0.15, 0.2) is 0 Å². The molecule has 0 aromatic heterocycles. The van der Waals surface area contributed by atoms with Gasteiger partial charge in [-0.1, -0.05) is 42.1 Å². The molecule has 0 bridgehead atoms. The number of nitrogens with two attached hydrogens (primary N) is 1. The van der Waals surface area contributed by atoms with Crippen molar-refractivity contribution in [1.29, 1.82) is 0 Å². The lowest BCUT2D eigenvalue weighted by Gasteiger charge is -2.40. The lowest BCUT2D eigenvalue weighted by atomic mass is 9.66. The zero-order valence-corrected chi connectivity index (χ0v) is 13.2. The summed E-state index contributed by atoms with van der Waals surface area (Å²) in [5, 5.41) is 0. The minimum atomic E-state index is -0.159. The van der Waals surface area contributed by atoms with Crippen molar-refractivity contribution in [2.45, 2.75) is 45.4 Å². The van der Waals surface area contributed by atoms with Crippen molar-refractivity contribution in [1.82, 2.24) is 0 Å². The summed E-state index contributed by atoms with van der Waals surface area (Å²) in [6.45, 7) is 2.96. The molecular formula is C16H23BrFN. The molecule has 106 valence electrons. The Bertz CT molecular complexity index is 435. The first kappa shape index (κ1) is 15.0. The number of rotatable bonds is 4. The van der Waals surface area contributed by atoms with Crippen LogP contribution in [0.1, 0.15) is 44.6 Å². The molecule has 1 aromatic rings. The van der Waals surface area contributed by atoms with Crippen LogP contribution in [-0.4, -0.2) is 6.54 Å². The van der Waals surface area contributed by atoms with E-state index >= 15 is 0 Å². The van der Waals surface area contributed by atoms with Crippen molar-refractivity contribution in [3.63, 3.8) is 0 Å². The first-order valence-electron chi connectivity index (χ1n) is 7.22. The third-order valence-corrected chi connectivity index (χ3v) is 5.40. The molecule has 1 aliphatic carbocycles. The van der Waals surface area contributed by atoms with Gasteiger partial charge in [0.2, 0.25) is 0 Å². The number of benzene rings is 1. The summed E-state index contributed by atoms with van der Waals surface area (Å²) < 4.78 is 14.4. The van der Waals surface area contributed by atoms with Crippen molar-refractivity contribution >= 4 is 15.9 Å². The number of hydrogen-bond acceptors (Lipinski definition) is 1. The molecular weight excluding hydrogens is 305 g/mol. The Labute approximate surface area is 123 Å². The van der Waals surface area contributed by atoms with E-state index in [0.29, 0.717) is 6.54 Å². The standard InChI is InChI=1S/C16H23BrFN/c1-2-12-4-3-7-16(9-12,11-19)10-13-8-14(18)5-6-15(13)17/h5-6,8,12H,2-4,7,9-11,19H2,1H3. The van der Waals surface area contributed by atoms with Gasteiger partial charge in [-0.15, -0.1) is 0 Å². The number of hydrogen-bond donors (Lipinski definition) is 1. The Morgan fingerprint density at radius 1 is 1.47 bits per heavy atom. The van der Waals surface area contributed by atoms with Gasteiger partial charge in [-0.25, -0.2) is 4.39 Å². The first-order valence-corrected chi connectivity index (χ1v) is 8.02. The van der Waals surface area contributed by atoms with E-state index in [0.717, 1.165) is 22.4 Å². The molecule has 2 N–H and O–H groups in total. The van der Waals surface area contributed by atoms with E-state index in [1.54, 1.807) is 12.1 Å². The average molecular weight is 328 g/mol. The van der Waals surface area contributed by atoms with Crippen LogP contribution in [0.5, 0.6) is 0 Å². The SMILES string of the molecule is CCC1CCCC(CN)(Cc2cc(F)ccc2Br)C1. The van der Waals surface area contributed by atoms with Crippen LogP contribution < -0.4 is 5.73 Å². The minimum Gasteiger partial charge on any atom is -0.330 e. The van der Waals surface area contributed by atoms with Gasteiger partial charge in [0.25, 0.3) is 0 Å². The zero-order chi connectivity index (χ0) is 13.9. The maximum atomic E-state index is 13.4. The Kier molecular flexibility index (Phi) is 5.02. The van der Waals surface area contributed by atoms with Crippen molar-refractivity contribution < 1.29 is 4.39 Å². The van der Waals surface area contributed by atoms with Crippen LogP contribution in [-0.2, 0) is 6.42 Å². The third-order valence-electron chi connectivity index (χ3n) is 4.62. The summed E-state index contributed by atoms with van der Waals surface area (Å²) in [5.74, 6) is 0.623. The molecule has 1 aromatic carbocycles. The van der Waals surface area contributed by atoms with Gasteiger partial charge in [-0.3, -0.25) is 0 Å². The fourth-order valence-electron chi connectivity index (χ4n) is 3.43. The van der Waals surface area contributed by atoms with Gasteiger partial charge in [0.1, 0.15) is 5.82 Å². The van der Waals surface area contributed by atoms with Gasteiger partial charge in [-0.2, -0.15) is 0 Å². The molecule has 3 heteroatoms. The molecule has 0 aliphatic heterocycles. The second kappa shape index (κ2) is 6.36.